The van der Waals surface area contributed by atoms with Crippen LogP contribution in [0.3, 0.4) is 0 Å². The van der Waals surface area contributed by atoms with E-state index in [9.17, 15) is 4.79 Å². The van der Waals surface area contributed by atoms with Gasteiger partial charge in [-0.05, 0) is 42.7 Å². The monoisotopic (exact) mass is 402 g/mol. The summed E-state index contributed by atoms with van der Waals surface area (Å²) in [5, 5.41) is 5.23. The Morgan fingerprint density at radius 3 is 2.41 bits per heavy atom. The summed E-state index contributed by atoms with van der Waals surface area (Å²) < 4.78 is 0. The topological polar surface area (TPSA) is 44.9 Å². The van der Waals surface area contributed by atoms with Gasteiger partial charge in [-0.3, -0.25) is 4.79 Å². The van der Waals surface area contributed by atoms with E-state index in [1.54, 1.807) is 0 Å². The number of para-hydroxylation sites is 1. The summed E-state index contributed by atoms with van der Waals surface area (Å²) in [5.74, 6) is 0.0663. The highest BCUT2D eigenvalue weighted by atomic mass is 35.5. The number of nitrogens with one attached hydrogen (secondary N) is 2. The maximum Gasteiger partial charge on any atom is 0.186 e. The lowest BCUT2D eigenvalue weighted by atomic mass is 9.95. The number of aromatic amines is 1. The molecule has 0 saturated carbocycles. The number of benzene rings is 3. The molecule has 1 heterocycles. The van der Waals surface area contributed by atoms with E-state index in [1.807, 2.05) is 85.1 Å². The van der Waals surface area contributed by atoms with Crippen molar-refractivity contribution in [2.75, 3.05) is 0 Å². The summed E-state index contributed by atoms with van der Waals surface area (Å²) in [6, 6.07) is 25.3. The number of carbonyl (C=O) groups excluding carboxylic acids is 1. The lowest BCUT2D eigenvalue weighted by Gasteiger charge is -2.23. The van der Waals surface area contributed by atoms with Gasteiger partial charge < -0.3 is 10.3 Å². The van der Waals surface area contributed by atoms with E-state index in [-0.39, 0.29) is 11.8 Å². The van der Waals surface area contributed by atoms with E-state index in [0.717, 1.165) is 27.9 Å². The van der Waals surface area contributed by atoms with Gasteiger partial charge in [0.2, 0.25) is 0 Å². The molecular formula is C25H23ClN2O. The third kappa shape index (κ3) is 4.42. The normalized spacial score (nSPS) is 13.3. The summed E-state index contributed by atoms with van der Waals surface area (Å²) in [6.07, 6.45) is 2.62. The second kappa shape index (κ2) is 8.64. The SMILES string of the molecule is C[C@H](Cc1ccc(Cl)cc1)N[C@H](C(=O)c1c[nH]c2ccccc12)c1ccccc1. The molecule has 0 aliphatic carbocycles. The van der Waals surface area contributed by atoms with Crippen molar-refractivity contribution < 1.29 is 4.79 Å². The molecular weight excluding hydrogens is 380 g/mol. The van der Waals surface area contributed by atoms with Crippen LogP contribution < -0.4 is 5.32 Å². The molecule has 3 aromatic carbocycles. The molecule has 0 amide bonds. The number of carbonyl (C=O) groups is 1. The summed E-state index contributed by atoms with van der Waals surface area (Å²) in [4.78, 5) is 16.8. The number of H-pyrrole nitrogens is 1. The van der Waals surface area contributed by atoms with Crippen LogP contribution in [0.1, 0.15) is 34.5 Å². The van der Waals surface area contributed by atoms with Gasteiger partial charge in [0, 0.05) is 33.7 Å². The maximum absolute atomic E-state index is 13.6. The number of fused-ring (bicyclic) bond motifs is 1. The molecule has 4 rings (SSSR count). The third-order valence-corrected chi connectivity index (χ3v) is 5.41. The number of aromatic nitrogens is 1. The van der Waals surface area contributed by atoms with Crippen molar-refractivity contribution in [3.8, 4) is 0 Å². The smallest absolute Gasteiger partial charge is 0.186 e. The molecule has 146 valence electrons. The number of ketones is 1. The minimum Gasteiger partial charge on any atom is -0.360 e. The summed E-state index contributed by atoms with van der Waals surface area (Å²) in [6.45, 7) is 2.10. The van der Waals surface area contributed by atoms with Crippen LogP contribution in [0.25, 0.3) is 10.9 Å². The molecule has 0 aliphatic heterocycles. The number of hydrogen-bond acceptors (Lipinski definition) is 2. The van der Waals surface area contributed by atoms with Crippen molar-refractivity contribution in [2.24, 2.45) is 0 Å². The van der Waals surface area contributed by atoms with Crippen LogP contribution in [0, 0.1) is 0 Å². The number of hydrogen-bond donors (Lipinski definition) is 2. The zero-order valence-corrected chi connectivity index (χ0v) is 17.0. The second-order valence-electron chi connectivity index (χ2n) is 7.35. The first-order valence-electron chi connectivity index (χ1n) is 9.77. The van der Waals surface area contributed by atoms with Crippen molar-refractivity contribution in [2.45, 2.75) is 25.4 Å². The zero-order valence-electron chi connectivity index (χ0n) is 16.2. The number of rotatable bonds is 7. The quantitative estimate of drug-likeness (QED) is 0.374. The summed E-state index contributed by atoms with van der Waals surface area (Å²) >= 11 is 6.00. The number of halogens is 1. The molecule has 29 heavy (non-hydrogen) atoms. The van der Waals surface area contributed by atoms with Gasteiger partial charge in [0.05, 0.1) is 6.04 Å². The highest BCUT2D eigenvalue weighted by Gasteiger charge is 2.25. The molecule has 1 aromatic heterocycles. The van der Waals surface area contributed by atoms with Crippen LogP contribution in [-0.2, 0) is 6.42 Å². The Morgan fingerprint density at radius 1 is 0.966 bits per heavy atom. The average Bonchev–Trinajstić information content (AvgIpc) is 3.18. The molecule has 4 heteroatoms. The van der Waals surface area contributed by atoms with Crippen molar-refractivity contribution in [3.05, 3.63) is 107 Å². The van der Waals surface area contributed by atoms with E-state index >= 15 is 0 Å². The minimum absolute atomic E-state index is 0.0663. The molecule has 0 aliphatic rings. The van der Waals surface area contributed by atoms with Crippen LogP contribution in [0.5, 0.6) is 0 Å². The van der Waals surface area contributed by atoms with Crippen molar-refractivity contribution >= 4 is 28.3 Å². The molecule has 0 unspecified atom stereocenters. The molecule has 0 saturated heterocycles. The van der Waals surface area contributed by atoms with Gasteiger partial charge >= 0.3 is 0 Å². The van der Waals surface area contributed by atoms with E-state index in [4.69, 9.17) is 11.6 Å². The predicted molar refractivity (Wildman–Crippen MR) is 120 cm³/mol. The third-order valence-electron chi connectivity index (χ3n) is 5.16. The zero-order chi connectivity index (χ0) is 20.2. The highest BCUT2D eigenvalue weighted by Crippen LogP contribution is 2.25. The fourth-order valence-corrected chi connectivity index (χ4v) is 3.84. The highest BCUT2D eigenvalue weighted by molar-refractivity contribution is 6.30. The van der Waals surface area contributed by atoms with Gasteiger partial charge in [-0.15, -0.1) is 0 Å². The van der Waals surface area contributed by atoms with Crippen LogP contribution in [0.4, 0.5) is 0 Å². The van der Waals surface area contributed by atoms with Gasteiger partial charge in [0.15, 0.2) is 5.78 Å². The molecule has 0 radical (unpaired) electrons. The molecule has 0 fully saturated rings. The molecule has 4 aromatic rings. The minimum atomic E-state index is -0.419. The Bertz CT molecular complexity index is 1100. The first-order chi connectivity index (χ1) is 14.1. The van der Waals surface area contributed by atoms with Crippen LogP contribution in [-0.4, -0.2) is 16.8 Å². The average molecular weight is 403 g/mol. The lowest BCUT2D eigenvalue weighted by molar-refractivity contribution is 0.0938. The van der Waals surface area contributed by atoms with Gasteiger partial charge in [0.1, 0.15) is 0 Å². The van der Waals surface area contributed by atoms with Gasteiger partial charge in [0.25, 0.3) is 0 Å². The summed E-state index contributed by atoms with van der Waals surface area (Å²) in [7, 11) is 0. The van der Waals surface area contributed by atoms with Crippen LogP contribution in [0.15, 0.2) is 85.1 Å². The van der Waals surface area contributed by atoms with E-state index in [0.29, 0.717) is 5.56 Å². The second-order valence-corrected chi connectivity index (χ2v) is 7.79. The van der Waals surface area contributed by atoms with Gasteiger partial charge in [-0.1, -0.05) is 72.3 Å². The summed E-state index contributed by atoms with van der Waals surface area (Å²) in [5.41, 5.74) is 3.82. The number of Topliss-reactive ketones (excluding diaryl/α,β-unsaturated/α-hetero) is 1. The van der Waals surface area contributed by atoms with E-state index < -0.39 is 6.04 Å². The first kappa shape index (κ1) is 19.4. The standard InChI is InChI=1S/C25H23ClN2O/c1-17(15-18-11-13-20(26)14-12-18)28-24(19-7-3-2-4-8-19)25(29)22-16-27-23-10-6-5-9-21(22)23/h2-14,16-17,24,27-28H,15H2,1H3/t17-,24+/m1/s1. The largest absolute Gasteiger partial charge is 0.360 e. The Morgan fingerprint density at radius 2 is 1.66 bits per heavy atom. The van der Waals surface area contributed by atoms with Crippen molar-refractivity contribution in [3.63, 3.8) is 0 Å². The fraction of sp³-hybridized carbons (Fsp3) is 0.160. The fourth-order valence-electron chi connectivity index (χ4n) is 3.72. The first-order valence-corrected chi connectivity index (χ1v) is 10.2. The lowest BCUT2D eigenvalue weighted by Crippen LogP contribution is -2.36. The Hall–Kier alpha value is -2.88. The van der Waals surface area contributed by atoms with E-state index in [1.165, 1.54) is 5.56 Å². The molecule has 0 bridgehead atoms. The molecule has 0 spiro atoms. The van der Waals surface area contributed by atoms with E-state index in [2.05, 4.69) is 17.2 Å². The molecule has 2 atom stereocenters. The predicted octanol–water partition coefficient (Wildman–Crippen LogP) is 5.97. The van der Waals surface area contributed by atoms with Gasteiger partial charge in [-0.2, -0.15) is 0 Å². The Kier molecular flexibility index (Phi) is 5.79. The molecule has 2 N–H and O–H groups in total. The Labute approximate surface area is 175 Å². The Balaban J connectivity index is 1.61. The van der Waals surface area contributed by atoms with Crippen molar-refractivity contribution in [1.29, 1.82) is 0 Å². The van der Waals surface area contributed by atoms with Crippen molar-refractivity contribution in [1.82, 2.24) is 10.3 Å². The van der Waals surface area contributed by atoms with Crippen LogP contribution >= 0.6 is 11.6 Å². The molecule has 3 nitrogen and oxygen atoms in total. The maximum atomic E-state index is 13.6. The van der Waals surface area contributed by atoms with Gasteiger partial charge in [-0.25, -0.2) is 0 Å². The van der Waals surface area contributed by atoms with Crippen LogP contribution in [0.2, 0.25) is 5.02 Å².